The fraction of sp³-hybridized carbons (Fsp3) is 0.355. The molecule has 2 aromatic carbocycles. The van der Waals surface area contributed by atoms with Crippen LogP contribution in [0.25, 0.3) is 22.3 Å². The third-order valence-corrected chi connectivity index (χ3v) is 8.79. The van der Waals surface area contributed by atoms with E-state index in [0.717, 1.165) is 36.8 Å². The standard InChI is InChI=1S/C31H33FN4O5S/c1-33-30(37)28-24-14-21(19-6-5-13-36(17-19)31(38)23-15-22(23)25-7-3-4-12-34-25)26(35-42(2,39)40)16-27(24)41-29(28)18-8-10-20(32)11-9-18/h3-4,7-12,14,16,19,22-23,30,33,35,37H,5-6,13,15,17H2,1-2H3/t19-,22?,23?,30?/m1/s1. The molecule has 1 saturated carbocycles. The van der Waals surface area contributed by atoms with Crippen molar-refractivity contribution in [3.05, 3.63) is 83.4 Å². The van der Waals surface area contributed by atoms with Gasteiger partial charge in [0.15, 0.2) is 0 Å². The van der Waals surface area contributed by atoms with E-state index in [2.05, 4.69) is 15.0 Å². The average molecular weight is 593 g/mol. The van der Waals surface area contributed by atoms with Gasteiger partial charge in [-0.1, -0.05) is 6.07 Å². The van der Waals surface area contributed by atoms with E-state index in [0.29, 0.717) is 46.6 Å². The monoisotopic (exact) mass is 592 g/mol. The number of hydrogen-bond donors (Lipinski definition) is 3. The minimum absolute atomic E-state index is 0.0979. The largest absolute Gasteiger partial charge is 0.456 e. The fourth-order valence-electron chi connectivity index (χ4n) is 6.09. The third-order valence-electron chi connectivity index (χ3n) is 8.20. The molecule has 2 fully saturated rings. The van der Waals surface area contributed by atoms with Crippen LogP contribution in [0.15, 0.2) is 65.2 Å². The molecule has 0 spiro atoms. The Morgan fingerprint density at radius 3 is 2.67 bits per heavy atom. The smallest absolute Gasteiger partial charge is 0.229 e. The quantitative estimate of drug-likeness (QED) is 0.253. The number of amides is 1. The van der Waals surface area contributed by atoms with Crippen molar-refractivity contribution in [2.45, 2.75) is 37.3 Å². The van der Waals surface area contributed by atoms with Crippen LogP contribution in [0.4, 0.5) is 10.1 Å². The minimum Gasteiger partial charge on any atom is -0.456 e. The first-order valence-electron chi connectivity index (χ1n) is 14.0. The van der Waals surface area contributed by atoms with Gasteiger partial charge in [0.05, 0.1) is 11.9 Å². The molecule has 1 saturated heterocycles. The minimum atomic E-state index is -3.64. The number of benzene rings is 2. The lowest BCUT2D eigenvalue weighted by atomic mass is 9.88. The Hall–Kier alpha value is -3.80. The van der Waals surface area contributed by atoms with E-state index in [1.807, 2.05) is 29.2 Å². The molecule has 3 heterocycles. The molecule has 0 radical (unpaired) electrons. The van der Waals surface area contributed by atoms with E-state index < -0.39 is 22.1 Å². The number of likely N-dealkylation sites (tertiary alicyclic amines) is 1. The fourth-order valence-corrected chi connectivity index (χ4v) is 6.67. The van der Waals surface area contributed by atoms with Gasteiger partial charge < -0.3 is 14.4 Å². The number of hydrogen-bond acceptors (Lipinski definition) is 7. The molecule has 4 atom stereocenters. The molecular weight excluding hydrogens is 559 g/mol. The molecule has 1 aliphatic heterocycles. The van der Waals surface area contributed by atoms with Crippen LogP contribution in [-0.2, 0) is 14.8 Å². The summed E-state index contributed by atoms with van der Waals surface area (Å²) in [5.74, 6) is -0.0709. The normalized spacial score (nSPS) is 21.3. The number of fused-ring (bicyclic) bond motifs is 1. The van der Waals surface area contributed by atoms with Crippen LogP contribution in [0.3, 0.4) is 0 Å². The van der Waals surface area contributed by atoms with Crippen molar-refractivity contribution < 1.29 is 27.1 Å². The number of rotatable bonds is 8. The lowest BCUT2D eigenvalue weighted by Gasteiger charge is -2.34. The third kappa shape index (κ3) is 5.64. The van der Waals surface area contributed by atoms with E-state index in [1.165, 1.54) is 12.1 Å². The van der Waals surface area contributed by atoms with Gasteiger partial charge >= 0.3 is 0 Å². The number of carbonyl (C=O) groups excluding carboxylic acids is 1. The van der Waals surface area contributed by atoms with Gasteiger partial charge in [0, 0.05) is 65.3 Å². The molecule has 0 bridgehead atoms. The first-order chi connectivity index (χ1) is 20.1. The molecule has 2 aliphatic rings. The predicted molar refractivity (Wildman–Crippen MR) is 158 cm³/mol. The molecule has 9 nitrogen and oxygen atoms in total. The Labute approximate surface area is 243 Å². The van der Waals surface area contributed by atoms with Gasteiger partial charge in [-0.3, -0.25) is 19.8 Å². The molecule has 220 valence electrons. The number of furan rings is 1. The number of carbonyl (C=O) groups is 1. The molecule has 3 unspecified atom stereocenters. The molecular formula is C31H33FN4O5S. The van der Waals surface area contributed by atoms with Gasteiger partial charge in [0.1, 0.15) is 23.4 Å². The summed E-state index contributed by atoms with van der Waals surface area (Å²) in [5.41, 5.74) is 3.42. The van der Waals surface area contributed by atoms with Crippen LogP contribution in [0.1, 0.15) is 54.1 Å². The van der Waals surface area contributed by atoms with Crippen LogP contribution in [0, 0.1) is 11.7 Å². The number of halogens is 1. The van der Waals surface area contributed by atoms with Crippen LogP contribution < -0.4 is 10.0 Å². The van der Waals surface area contributed by atoms with E-state index >= 15 is 0 Å². The summed E-state index contributed by atoms with van der Waals surface area (Å²) < 4.78 is 47.3. The Kier molecular flexibility index (Phi) is 7.50. The van der Waals surface area contributed by atoms with Crippen molar-refractivity contribution in [3.63, 3.8) is 0 Å². The Morgan fingerprint density at radius 1 is 1.19 bits per heavy atom. The number of nitrogens with zero attached hydrogens (tertiary/aromatic N) is 2. The molecule has 4 aromatic rings. The van der Waals surface area contributed by atoms with Crippen LogP contribution in [-0.4, -0.2) is 55.7 Å². The number of sulfonamides is 1. The summed E-state index contributed by atoms with van der Waals surface area (Å²) in [5, 5.41) is 14.4. The Morgan fingerprint density at radius 2 is 1.98 bits per heavy atom. The second-order valence-corrected chi connectivity index (χ2v) is 12.9. The lowest BCUT2D eigenvalue weighted by Crippen LogP contribution is -2.40. The maximum atomic E-state index is 13.7. The van der Waals surface area contributed by atoms with Gasteiger partial charge in [-0.15, -0.1) is 0 Å². The number of anilines is 1. The number of pyridine rings is 1. The molecule has 1 aliphatic carbocycles. The van der Waals surface area contributed by atoms with Crippen molar-refractivity contribution in [1.29, 1.82) is 0 Å². The van der Waals surface area contributed by atoms with Crippen LogP contribution in [0.2, 0.25) is 0 Å². The zero-order valence-electron chi connectivity index (χ0n) is 23.4. The molecule has 11 heteroatoms. The highest BCUT2D eigenvalue weighted by Gasteiger charge is 2.47. The topological polar surface area (TPSA) is 125 Å². The molecule has 42 heavy (non-hydrogen) atoms. The number of nitrogens with one attached hydrogen (secondary N) is 2. The average Bonchev–Trinajstić information content (AvgIpc) is 3.70. The van der Waals surface area contributed by atoms with Gasteiger partial charge in [0.2, 0.25) is 15.9 Å². The highest BCUT2D eigenvalue weighted by atomic mass is 32.2. The van der Waals surface area contributed by atoms with E-state index in [9.17, 15) is 22.7 Å². The summed E-state index contributed by atoms with van der Waals surface area (Å²) in [6.07, 6.45) is 4.03. The molecule has 2 aromatic heterocycles. The van der Waals surface area contributed by atoms with Crippen molar-refractivity contribution in [3.8, 4) is 11.3 Å². The summed E-state index contributed by atoms with van der Waals surface area (Å²) in [4.78, 5) is 19.8. The van der Waals surface area contributed by atoms with E-state index in [-0.39, 0.29) is 23.7 Å². The number of piperidine rings is 1. The highest BCUT2D eigenvalue weighted by molar-refractivity contribution is 7.92. The summed E-state index contributed by atoms with van der Waals surface area (Å²) in [7, 11) is -2.03. The van der Waals surface area contributed by atoms with Crippen LogP contribution in [0.5, 0.6) is 0 Å². The van der Waals surface area contributed by atoms with Crippen LogP contribution >= 0.6 is 0 Å². The maximum Gasteiger partial charge on any atom is 0.229 e. The number of aromatic nitrogens is 1. The summed E-state index contributed by atoms with van der Waals surface area (Å²) >= 11 is 0. The van der Waals surface area contributed by atoms with E-state index in [4.69, 9.17) is 4.42 Å². The zero-order valence-corrected chi connectivity index (χ0v) is 24.2. The molecule has 1 amide bonds. The van der Waals surface area contributed by atoms with Crippen molar-refractivity contribution >= 4 is 32.6 Å². The van der Waals surface area contributed by atoms with Gasteiger partial charge in [0.25, 0.3) is 0 Å². The molecule has 6 rings (SSSR count). The van der Waals surface area contributed by atoms with Gasteiger partial charge in [-0.25, -0.2) is 12.8 Å². The van der Waals surface area contributed by atoms with Crippen molar-refractivity contribution in [2.24, 2.45) is 5.92 Å². The van der Waals surface area contributed by atoms with Gasteiger partial charge in [-0.05, 0) is 74.3 Å². The lowest BCUT2D eigenvalue weighted by molar-refractivity contribution is -0.133. The first-order valence-corrected chi connectivity index (χ1v) is 15.9. The summed E-state index contributed by atoms with van der Waals surface area (Å²) in [6, 6.07) is 15.0. The Balaban J connectivity index is 1.37. The Bertz CT molecular complexity index is 1730. The first kappa shape index (κ1) is 28.3. The van der Waals surface area contributed by atoms with Crippen molar-refractivity contribution in [2.75, 3.05) is 31.1 Å². The molecule has 3 N–H and O–H groups in total. The summed E-state index contributed by atoms with van der Waals surface area (Å²) in [6.45, 7) is 1.09. The zero-order chi connectivity index (χ0) is 29.6. The second-order valence-electron chi connectivity index (χ2n) is 11.2. The van der Waals surface area contributed by atoms with E-state index in [1.54, 1.807) is 31.4 Å². The SMILES string of the molecule is CNC(O)c1c(-c2ccc(F)cc2)oc2cc(NS(C)(=O)=O)c([C@@H]3CCCN(C(=O)C4CC4c4ccccn4)C3)cc12. The maximum absolute atomic E-state index is 13.7. The predicted octanol–water partition coefficient (Wildman–Crippen LogP) is 4.73. The van der Waals surface area contributed by atoms with Gasteiger partial charge in [-0.2, -0.15) is 0 Å². The van der Waals surface area contributed by atoms with Crippen molar-refractivity contribution in [1.82, 2.24) is 15.2 Å². The number of aliphatic hydroxyl groups excluding tert-OH is 1. The second kappa shape index (κ2) is 11.1. The highest BCUT2D eigenvalue weighted by Crippen LogP contribution is 2.49. The number of aliphatic hydroxyl groups is 1.